The molecule has 0 radical (unpaired) electrons. The van der Waals surface area contributed by atoms with Crippen LogP contribution in [0, 0.1) is 5.92 Å². The highest BCUT2D eigenvalue weighted by Crippen LogP contribution is 2.32. The molecule has 33 heavy (non-hydrogen) atoms. The maximum Gasteiger partial charge on any atom is 0.253 e. The lowest BCUT2D eigenvalue weighted by Gasteiger charge is -2.36. The number of hydrogen-bond acceptors (Lipinski definition) is 7. The molecule has 1 aromatic carbocycles. The number of benzene rings is 1. The minimum atomic E-state index is -0.326. The van der Waals surface area contributed by atoms with Gasteiger partial charge in [-0.2, -0.15) is 0 Å². The number of aromatic amines is 1. The Labute approximate surface area is 193 Å². The maximum atomic E-state index is 13.3. The van der Waals surface area contributed by atoms with Crippen molar-refractivity contribution < 1.29 is 9.47 Å². The summed E-state index contributed by atoms with van der Waals surface area (Å²) < 4.78 is 13.4. The van der Waals surface area contributed by atoms with Crippen LogP contribution >= 0.6 is 0 Å². The molecule has 3 aromatic rings. The molecule has 9 heteroatoms. The van der Waals surface area contributed by atoms with Gasteiger partial charge in [-0.15, -0.1) is 5.10 Å². The SMILES string of the molecule is CCOc1ccc2[nH]c(=O)c([C@@H](c3nnnn3C[C@@H]3CCCO3)N3CCC[C@H](C)C3)cc2c1. The second kappa shape index (κ2) is 9.61. The highest BCUT2D eigenvalue weighted by Gasteiger charge is 2.33. The van der Waals surface area contributed by atoms with Gasteiger partial charge in [0.05, 0.1) is 19.3 Å². The van der Waals surface area contributed by atoms with Crippen molar-refractivity contribution in [2.75, 3.05) is 26.3 Å². The average molecular weight is 453 g/mol. The van der Waals surface area contributed by atoms with Crippen LogP contribution in [-0.4, -0.2) is 62.5 Å². The van der Waals surface area contributed by atoms with Gasteiger partial charge in [-0.05, 0) is 79.8 Å². The van der Waals surface area contributed by atoms with E-state index in [1.54, 1.807) is 0 Å². The Hall–Kier alpha value is -2.78. The molecule has 2 aliphatic heterocycles. The number of aromatic nitrogens is 5. The number of nitrogens with zero attached hydrogens (tertiary/aromatic N) is 5. The lowest BCUT2D eigenvalue weighted by atomic mass is 9.95. The second-order valence-corrected chi connectivity index (χ2v) is 9.23. The summed E-state index contributed by atoms with van der Waals surface area (Å²) in [4.78, 5) is 18.8. The van der Waals surface area contributed by atoms with Crippen LogP contribution in [0.25, 0.3) is 10.9 Å². The zero-order valence-electron chi connectivity index (χ0n) is 19.4. The molecule has 0 aliphatic carbocycles. The van der Waals surface area contributed by atoms with Gasteiger partial charge < -0.3 is 14.5 Å². The fraction of sp³-hybridized carbons (Fsp3) is 0.583. The van der Waals surface area contributed by atoms with Crippen molar-refractivity contribution in [3.63, 3.8) is 0 Å². The number of nitrogens with one attached hydrogen (secondary N) is 1. The lowest BCUT2D eigenvalue weighted by molar-refractivity contribution is 0.0889. The number of likely N-dealkylation sites (tertiary alicyclic amines) is 1. The first kappa shape index (κ1) is 22.0. The van der Waals surface area contributed by atoms with E-state index in [4.69, 9.17) is 9.47 Å². The van der Waals surface area contributed by atoms with E-state index < -0.39 is 0 Å². The summed E-state index contributed by atoms with van der Waals surface area (Å²) in [6, 6.07) is 7.40. The number of ether oxygens (including phenoxy) is 2. The number of piperidine rings is 1. The molecule has 0 amide bonds. The first-order valence-corrected chi connectivity index (χ1v) is 12.0. The van der Waals surface area contributed by atoms with E-state index in [1.807, 2.05) is 35.9 Å². The van der Waals surface area contributed by atoms with Crippen LogP contribution in [0.1, 0.15) is 57.0 Å². The topological polar surface area (TPSA) is 98.2 Å². The van der Waals surface area contributed by atoms with Gasteiger partial charge in [0.1, 0.15) is 11.8 Å². The molecular formula is C24H32N6O3. The minimum Gasteiger partial charge on any atom is -0.494 e. The minimum absolute atomic E-state index is 0.108. The van der Waals surface area contributed by atoms with Crippen LogP contribution in [0.3, 0.4) is 0 Å². The third-order valence-electron chi connectivity index (χ3n) is 6.71. The van der Waals surface area contributed by atoms with E-state index in [-0.39, 0.29) is 17.7 Å². The number of rotatable bonds is 7. The van der Waals surface area contributed by atoms with Crippen molar-refractivity contribution in [2.45, 2.75) is 58.2 Å². The molecule has 176 valence electrons. The van der Waals surface area contributed by atoms with E-state index in [0.717, 1.165) is 55.6 Å². The van der Waals surface area contributed by atoms with Crippen LogP contribution in [0.15, 0.2) is 29.1 Å². The highest BCUT2D eigenvalue weighted by atomic mass is 16.5. The van der Waals surface area contributed by atoms with Crippen molar-refractivity contribution in [3.8, 4) is 5.75 Å². The molecule has 0 saturated carbocycles. The molecule has 2 fully saturated rings. The molecule has 2 saturated heterocycles. The molecular weight excluding hydrogens is 420 g/mol. The fourth-order valence-electron chi connectivity index (χ4n) is 5.14. The van der Waals surface area contributed by atoms with Gasteiger partial charge in [-0.25, -0.2) is 4.68 Å². The van der Waals surface area contributed by atoms with E-state index in [1.165, 1.54) is 6.42 Å². The summed E-state index contributed by atoms with van der Waals surface area (Å²) in [6.07, 6.45) is 4.45. The normalized spacial score (nSPS) is 22.6. The average Bonchev–Trinajstić information content (AvgIpc) is 3.48. The van der Waals surface area contributed by atoms with Crippen LogP contribution < -0.4 is 10.3 Å². The molecule has 0 spiro atoms. The van der Waals surface area contributed by atoms with E-state index in [2.05, 4.69) is 32.3 Å². The first-order valence-electron chi connectivity index (χ1n) is 12.0. The van der Waals surface area contributed by atoms with Crippen molar-refractivity contribution >= 4 is 10.9 Å². The van der Waals surface area contributed by atoms with Crippen LogP contribution in [0.4, 0.5) is 0 Å². The molecule has 2 aromatic heterocycles. The Morgan fingerprint density at radius 1 is 1.27 bits per heavy atom. The predicted octanol–water partition coefficient (Wildman–Crippen LogP) is 2.91. The molecule has 2 aliphatic rings. The van der Waals surface area contributed by atoms with E-state index >= 15 is 0 Å². The van der Waals surface area contributed by atoms with E-state index in [9.17, 15) is 4.79 Å². The summed E-state index contributed by atoms with van der Waals surface area (Å²) in [5.74, 6) is 2.03. The summed E-state index contributed by atoms with van der Waals surface area (Å²) in [5.41, 5.74) is 1.34. The molecule has 0 bridgehead atoms. The summed E-state index contributed by atoms with van der Waals surface area (Å²) in [5, 5.41) is 13.7. The van der Waals surface area contributed by atoms with Crippen molar-refractivity contribution in [1.29, 1.82) is 0 Å². The van der Waals surface area contributed by atoms with E-state index in [0.29, 0.717) is 30.5 Å². The van der Waals surface area contributed by atoms with Crippen LogP contribution in [0.2, 0.25) is 0 Å². The lowest BCUT2D eigenvalue weighted by Crippen LogP contribution is -2.41. The molecule has 5 rings (SSSR count). The second-order valence-electron chi connectivity index (χ2n) is 9.23. The molecule has 0 unspecified atom stereocenters. The Bertz CT molecular complexity index is 1150. The zero-order valence-corrected chi connectivity index (χ0v) is 19.4. The van der Waals surface area contributed by atoms with Crippen molar-refractivity contribution in [1.82, 2.24) is 30.1 Å². The van der Waals surface area contributed by atoms with Gasteiger partial charge in [0.15, 0.2) is 5.82 Å². The highest BCUT2D eigenvalue weighted by molar-refractivity contribution is 5.80. The van der Waals surface area contributed by atoms with Gasteiger partial charge in [0.25, 0.3) is 5.56 Å². The standard InChI is InChI=1S/C24H32N6O3/c1-3-32-18-8-9-21-17(12-18)13-20(24(31)25-21)22(29-10-4-6-16(2)14-29)23-26-27-28-30(23)15-19-7-5-11-33-19/h8-9,12-13,16,19,22H,3-7,10-11,14-15H2,1-2H3,(H,25,31)/t16-,19-,22-/m0/s1. The Balaban J connectivity index is 1.59. The zero-order chi connectivity index (χ0) is 22.8. The number of pyridine rings is 1. The predicted molar refractivity (Wildman–Crippen MR) is 124 cm³/mol. The molecule has 4 heterocycles. The largest absolute Gasteiger partial charge is 0.494 e. The Morgan fingerprint density at radius 2 is 2.18 bits per heavy atom. The molecule has 3 atom stereocenters. The third-order valence-corrected chi connectivity index (χ3v) is 6.71. The van der Waals surface area contributed by atoms with Gasteiger partial charge in [0.2, 0.25) is 0 Å². The number of hydrogen-bond donors (Lipinski definition) is 1. The van der Waals surface area contributed by atoms with Crippen molar-refractivity contribution in [2.24, 2.45) is 5.92 Å². The van der Waals surface area contributed by atoms with Gasteiger partial charge in [-0.1, -0.05) is 6.92 Å². The first-order chi connectivity index (χ1) is 16.1. The number of tetrazole rings is 1. The quantitative estimate of drug-likeness (QED) is 0.588. The van der Waals surface area contributed by atoms with Crippen LogP contribution in [-0.2, 0) is 11.3 Å². The van der Waals surface area contributed by atoms with Crippen LogP contribution in [0.5, 0.6) is 5.75 Å². The van der Waals surface area contributed by atoms with Gasteiger partial charge in [-0.3, -0.25) is 9.69 Å². The molecule has 9 nitrogen and oxygen atoms in total. The summed E-state index contributed by atoms with van der Waals surface area (Å²) in [7, 11) is 0. The third kappa shape index (κ3) is 4.65. The monoisotopic (exact) mass is 452 g/mol. The number of fused-ring (bicyclic) bond motifs is 1. The summed E-state index contributed by atoms with van der Waals surface area (Å²) in [6.45, 7) is 7.99. The van der Waals surface area contributed by atoms with Gasteiger partial charge in [0, 0.05) is 29.6 Å². The van der Waals surface area contributed by atoms with Crippen molar-refractivity contribution in [3.05, 3.63) is 46.0 Å². The smallest absolute Gasteiger partial charge is 0.253 e. The number of H-pyrrole nitrogens is 1. The Kier molecular flexibility index (Phi) is 6.41. The van der Waals surface area contributed by atoms with Gasteiger partial charge >= 0.3 is 0 Å². The fourth-order valence-corrected chi connectivity index (χ4v) is 5.14. The maximum absolute atomic E-state index is 13.3. The summed E-state index contributed by atoms with van der Waals surface area (Å²) >= 11 is 0. The molecule has 1 N–H and O–H groups in total. The Morgan fingerprint density at radius 3 is 2.97 bits per heavy atom.